The second kappa shape index (κ2) is 6.10. The highest BCUT2D eigenvalue weighted by Gasteiger charge is 2.14. The van der Waals surface area contributed by atoms with Crippen molar-refractivity contribution in [3.8, 4) is 16.9 Å². The lowest BCUT2D eigenvalue weighted by molar-refractivity contribution is 0.589. The molecule has 130 valence electrons. The van der Waals surface area contributed by atoms with Crippen LogP contribution < -0.4 is 0 Å². The number of aromatic nitrogens is 3. The van der Waals surface area contributed by atoms with Crippen LogP contribution >= 0.6 is 0 Å². The van der Waals surface area contributed by atoms with Gasteiger partial charge >= 0.3 is 0 Å². The Balaban J connectivity index is 1.75. The van der Waals surface area contributed by atoms with Gasteiger partial charge in [0.2, 0.25) is 0 Å². The largest absolute Gasteiger partial charge is 0.248 e. The monoisotopic (exact) mass is 341 g/mol. The first-order valence-corrected chi connectivity index (χ1v) is 8.94. The summed E-state index contributed by atoms with van der Waals surface area (Å²) in [6.45, 7) is 8.80. The average molecular weight is 341 g/mol. The molecule has 0 aliphatic carbocycles. The molecule has 4 rings (SSSR count). The second-order valence-corrected chi connectivity index (χ2v) is 7.82. The predicted octanol–water partition coefficient (Wildman–Crippen LogP) is 5.69. The van der Waals surface area contributed by atoms with E-state index in [9.17, 15) is 0 Å². The van der Waals surface area contributed by atoms with Crippen molar-refractivity contribution in [2.24, 2.45) is 0 Å². The minimum atomic E-state index is 0.114. The summed E-state index contributed by atoms with van der Waals surface area (Å²) in [5.41, 5.74) is 6.72. The van der Waals surface area contributed by atoms with Crippen LogP contribution in [0.1, 0.15) is 31.9 Å². The minimum Gasteiger partial charge on any atom is -0.248 e. The Morgan fingerprint density at radius 2 is 1.73 bits per heavy atom. The van der Waals surface area contributed by atoms with Crippen molar-refractivity contribution >= 4 is 10.9 Å². The van der Waals surface area contributed by atoms with Crippen LogP contribution in [-0.2, 0) is 5.41 Å². The smallest absolute Gasteiger partial charge is 0.0744 e. The standard InChI is InChI=1S/C23H23N3/c1-16-12-22(25-21-11-6-5-10-20(16)21)17-14-24-26(15-17)19-9-7-8-18(13-19)23(2,3)4/h5-15H,1-4H3. The maximum atomic E-state index is 4.82. The van der Waals surface area contributed by atoms with Gasteiger partial charge in [-0.25, -0.2) is 9.67 Å². The SMILES string of the molecule is Cc1cc(-c2cnn(-c3cccc(C(C)(C)C)c3)c2)nc2ccccc12. The fourth-order valence-electron chi connectivity index (χ4n) is 3.21. The van der Waals surface area contributed by atoms with E-state index in [1.807, 2.05) is 16.9 Å². The molecule has 0 unspecified atom stereocenters. The van der Waals surface area contributed by atoms with Gasteiger partial charge in [0.25, 0.3) is 0 Å². The van der Waals surface area contributed by atoms with E-state index in [2.05, 4.69) is 87.5 Å². The Morgan fingerprint density at radius 1 is 0.923 bits per heavy atom. The Labute approximate surface area is 154 Å². The van der Waals surface area contributed by atoms with Gasteiger partial charge in [-0.3, -0.25) is 0 Å². The van der Waals surface area contributed by atoms with E-state index < -0.39 is 0 Å². The number of fused-ring (bicyclic) bond motifs is 1. The number of nitrogens with zero attached hydrogens (tertiary/aromatic N) is 3. The van der Waals surface area contributed by atoms with Crippen molar-refractivity contribution in [2.75, 3.05) is 0 Å². The molecule has 0 N–H and O–H groups in total. The summed E-state index contributed by atoms with van der Waals surface area (Å²) in [4.78, 5) is 4.82. The summed E-state index contributed by atoms with van der Waals surface area (Å²) >= 11 is 0. The van der Waals surface area contributed by atoms with Crippen molar-refractivity contribution in [3.05, 3.63) is 78.1 Å². The van der Waals surface area contributed by atoms with Crippen LogP contribution in [0, 0.1) is 6.92 Å². The zero-order chi connectivity index (χ0) is 18.3. The molecule has 0 fully saturated rings. The van der Waals surface area contributed by atoms with Crippen LogP contribution in [0.15, 0.2) is 67.0 Å². The molecular formula is C23H23N3. The summed E-state index contributed by atoms with van der Waals surface area (Å²) in [6.07, 6.45) is 3.94. The zero-order valence-electron chi connectivity index (χ0n) is 15.7. The van der Waals surface area contributed by atoms with Crippen molar-refractivity contribution in [2.45, 2.75) is 33.1 Å². The summed E-state index contributed by atoms with van der Waals surface area (Å²) in [6, 6.07) is 18.9. The highest BCUT2D eigenvalue weighted by atomic mass is 15.3. The summed E-state index contributed by atoms with van der Waals surface area (Å²) in [7, 11) is 0. The van der Waals surface area contributed by atoms with Crippen LogP contribution in [0.3, 0.4) is 0 Å². The van der Waals surface area contributed by atoms with Crippen molar-refractivity contribution in [1.29, 1.82) is 0 Å². The van der Waals surface area contributed by atoms with Gasteiger partial charge in [0.1, 0.15) is 0 Å². The molecule has 0 aliphatic heterocycles. The molecule has 26 heavy (non-hydrogen) atoms. The first-order valence-electron chi connectivity index (χ1n) is 8.94. The molecule has 0 amide bonds. The third kappa shape index (κ3) is 3.01. The Bertz CT molecular complexity index is 1080. The van der Waals surface area contributed by atoms with Gasteiger partial charge in [-0.2, -0.15) is 5.10 Å². The number of hydrogen-bond acceptors (Lipinski definition) is 2. The highest BCUT2D eigenvalue weighted by Crippen LogP contribution is 2.26. The molecule has 3 heteroatoms. The van der Waals surface area contributed by atoms with E-state index >= 15 is 0 Å². The first kappa shape index (κ1) is 16.5. The maximum absolute atomic E-state index is 4.82. The third-order valence-corrected chi connectivity index (χ3v) is 4.78. The molecule has 2 heterocycles. The molecule has 0 aliphatic rings. The number of para-hydroxylation sites is 1. The van der Waals surface area contributed by atoms with Crippen LogP contribution in [0.25, 0.3) is 27.8 Å². The normalized spacial score (nSPS) is 11.8. The summed E-state index contributed by atoms with van der Waals surface area (Å²) in [5, 5.41) is 5.77. The second-order valence-electron chi connectivity index (χ2n) is 7.82. The van der Waals surface area contributed by atoms with Crippen LogP contribution in [-0.4, -0.2) is 14.8 Å². The van der Waals surface area contributed by atoms with Gasteiger partial charge in [0, 0.05) is 17.1 Å². The molecule has 2 aromatic heterocycles. The van der Waals surface area contributed by atoms with Gasteiger partial charge in [-0.05, 0) is 47.7 Å². The van der Waals surface area contributed by atoms with Gasteiger partial charge in [-0.15, -0.1) is 0 Å². The van der Waals surface area contributed by atoms with Gasteiger partial charge in [-0.1, -0.05) is 51.1 Å². The molecule has 0 bridgehead atoms. The Morgan fingerprint density at radius 3 is 2.54 bits per heavy atom. The maximum Gasteiger partial charge on any atom is 0.0744 e. The molecule has 0 radical (unpaired) electrons. The topological polar surface area (TPSA) is 30.7 Å². The Hall–Kier alpha value is -2.94. The first-order chi connectivity index (χ1) is 12.4. The van der Waals surface area contributed by atoms with Crippen LogP contribution in [0.4, 0.5) is 0 Å². The third-order valence-electron chi connectivity index (χ3n) is 4.78. The molecule has 0 saturated carbocycles. The predicted molar refractivity (Wildman–Crippen MR) is 108 cm³/mol. The molecule has 2 aromatic carbocycles. The number of aryl methyl sites for hydroxylation is 1. The van der Waals surface area contributed by atoms with Crippen LogP contribution in [0.2, 0.25) is 0 Å². The van der Waals surface area contributed by atoms with Crippen molar-refractivity contribution < 1.29 is 0 Å². The minimum absolute atomic E-state index is 0.114. The van der Waals surface area contributed by atoms with Crippen molar-refractivity contribution in [1.82, 2.24) is 14.8 Å². The number of hydrogen-bond donors (Lipinski definition) is 0. The molecule has 0 spiro atoms. The fraction of sp³-hybridized carbons (Fsp3) is 0.217. The Kier molecular flexibility index (Phi) is 3.87. The lowest BCUT2D eigenvalue weighted by Crippen LogP contribution is -2.11. The van der Waals surface area contributed by atoms with Gasteiger partial charge in [0.05, 0.1) is 23.1 Å². The quantitative estimate of drug-likeness (QED) is 0.469. The number of rotatable bonds is 2. The molecule has 0 saturated heterocycles. The lowest BCUT2D eigenvalue weighted by Gasteiger charge is -2.19. The van der Waals surface area contributed by atoms with E-state index in [4.69, 9.17) is 4.98 Å². The van der Waals surface area contributed by atoms with E-state index in [-0.39, 0.29) is 5.41 Å². The van der Waals surface area contributed by atoms with Crippen LogP contribution in [0.5, 0.6) is 0 Å². The average Bonchev–Trinajstić information content (AvgIpc) is 3.11. The van der Waals surface area contributed by atoms with E-state index in [1.54, 1.807) is 0 Å². The molecule has 4 aromatic rings. The molecule has 3 nitrogen and oxygen atoms in total. The zero-order valence-corrected chi connectivity index (χ0v) is 15.7. The van der Waals surface area contributed by atoms with E-state index in [0.717, 1.165) is 22.5 Å². The summed E-state index contributed by atoms with van der Waals surface area (Å²) < 4.78 is 1.93. The van der Waals surface area contributed by atoms with Gasteiger partial charge in [0.15, 0.2) is 0 Å². The van der Waals surface area contributed by atoms with Gasteiger partial charge < -0.3 is 0 Å². The highest BCUT2D eigenvalue weighted by molar-refractivity contribution is 5.84. The lowest BCUT2D eigenvalue weighted by atomic mass is 9.87. The fourth-order valence-corrected chi connectivity index (χ4v) is 3.21. The summed E-state index contributed by atoms with van der Waals surface area (Å²) in [5.74, 6) is 0. The van der Waals surface area contributed by atoms with Crippen molar-refractivity contribution in [3.63, 3.8) is 0 Å². The van der Waals surface area contributed by atoms with E-state index in [1.165, 1.54) is 16.5 Å². The van der Waals surface area contributed by atoms with E-state index in [0.29, 0.717) is 0 Å². The molecular weight excluding hydrogens is 318 g/mol. The number of benzene rings is 2. The molecule has 0 atom stereocenters. The number of pyridine rings is 1.